The molecule has 0 radical (unpaired) electrons. The third-order valence-corrected chi connectivity index (χ3v) is 3.97. The van der Waals surface area contributed by atoms with Gasteiger partial charge in [-0.2, -0.15) is 0 Å². The van der Waals surface area contributed by atoms with Crippen LogP contribution in [0, 0.1) is 0 Å². The van der Waals surface area contributed by atoms with Crippen LogP contribution in [-0.2, 0) is 6.54 Å². The number of hydrogen-bond donors (Lipinski definition) is 0. The van der Waals surface area contributed by atoms with Gasteiger partial charge >= 0.3 is 0 Å². The Hall–Kier alpha value is -2.50. The first-order chi connectivity index (χ1) is 11.1. The number of hydrogen-bond acceptors (Lipinski definition) is 5. The van der Waals surface area contributed by atoms with E-state index in [4.69, 9.17) is 14.0 Å². The van der Waals surface area contributed by atoms with Crippen LogP contribution in [0.3, 0.4) is 0 Å². The van der Waals surface area contributed by atoms with Gasteiger partial charge in [0.2, 0.25) is 0 Å². The highest BCUT2D eigenvalue weighted by molar-refractivity contribution is 5.92. The molecule has 1 amide bonds. The number of benzene rings is 1. The van der Waals surface area contributed by atoms with Gasteiger partial charge in [-0.15, -0.1) is 0 Å². The summed E-state index contributed by atoms with van der Waals surface area (Å²) in [6, 6.07) is 7.35. The van der Waals surface area contributed by atoms with E-state index in [1.165, 1.54) is 0 Å². The fourth-order valence-electron chi connectivity index (χ4n) is 2.55. The average Bonchev–Trinajstić information content (AvgIpc) is 3.31. The van der Waals surface area contributed by atoms with Crippen molar-refractivity contribution in [1.82, 2.24) is 10.1 Å². The molecule has 23 heavy (non-hydrogen) atoms. The molecule has 0 spiro atoms. The standard InChI is InChI=1S/C17H20N2O4/c1-19(10-12-5-4-6-14(21-2)16(12)22-3)17(20)13-9-15(23-18-13)11-7-8-11/h4-6,9,11H,7-8,10H2,1-3H3. The first-order valence-electron chi connectivity index (χ1n) is 7.56. The van der Waals surface area contributed by atoms with Crippen LogP contribution in [0.2, 0.25) is 0 Å². The number of para-hydroxylation sites is 1. The van der Waals surface area contributed by atoms with E-state index in [9.17, 15) is 4.79 Å². The number of aromatic nitrogens is 1. The van der Waals surface area contributed by atoms with E-state index in [2.05, 4.69) is 5.16 Å². The minimum absolute atomic E-state index is 0.175. The Morgan fingerprint density at radius 3 is 2.78 bits per heavy atom. The summed E-state index contributed by atoms with van der Waals surface area (Å²) in [5.74, 6) is 2.34. The third-order valence-electron chi connectivity index (χ3n) is 3.97. The maximum atomic E-state index is 12.5. The maximum absolute atomic E-state index is 12.5. The summed E-state index contributed by atoms with van der Waals surface area (Å²) in [6.07, 6.45) is 2.22. The Bertz CT molecular complexity index is 706. The summed E-state index contributed by atoms with van der Waals surface area (Å²) in [6.45, 7) is 0.394. The Balaban J connectivity index is 1.75. The fraction of sp³-hybridized carbons (Fsp3) is 0.412. The van der Waals surface area contributed by atoms with Crippen molar-refractivity contribution < 1.29 is 18.8 Å². The molecule has 1 heterocycles. The summed E-state index contributed by atoms with van der Waals surface area (Å²) in [4.78, 5) is 14.1. The molecule has 1 aromatic heterocycles. The number of nitrogens with zero attached hydrogens (tertiary/aromatic N) is 2. The van der Waals surface area contributed by atoms with Crippen molar-refractivity contribution in [1.29, 1.82) is 0 Å². The number of methoxy groups -OCH3 is 2. The van der Waals surface area contributed by atoms with Crippen molar-refractivity contribution in [3.05, 3.63) is 41.3 Å². The second-order valence-corrected chi connectivity index (χ2v) is 5.70. The lowest BCUT2D eigenvalue weighted by molar-refractivity contribution is 0.0773. The van der Waals surface area contributed by atoms with E-state index in [1.54, 1.807) is 32.2 Å². The van der Waals surface area contributed by atoms with E-state index < -0.39 is 0 Å². The zero-order chi connectivity index (χ0) is 16.4. The van der Waals surface area contributed by atoms with Crippen LogP contribution >= 0.6 is 0 Å². The second-order valence-electron chi connectivity index (χ2n) is 5.70. The predicted octanol–water partition coefficient (Wildman–Crippen LogP) is 2.84. The normalized spacial score (nSPS) is 13.7. The van der Waals surface area contributed by atoms with Gasteiger partial charge in [0.05, 0.1) is 14.2 Å². The largest absolute Gasteiger partial charge is 0.493 e. The van der Waals surface area contributed by atoms with E-state index in [0.29, 0.717) is 29.7 Å². The smallest absolute Gasteiger partial charge is 0.276 e. The predicted molar refractivity (Wildman–Crippen MR) is 83.8 cm³/mol. The molecule has 0 saturated heterocycles. The Labute approximate surface area is 135 Å². The van der Waals surface area contributed by atoms with Gasteiger partial charge in [0, 0.05) is 31.1 Å². The maximum Gasteiger partial charge on any atom is 0.276 e. The monoisotopic (exact) mass is 316 g/mol. The van der Waals surface area contributed by atoms with E-state index in [0.717, 1.165) is 24.2 Å². The molecule has 1 aliphatic carbocycles. The van der Waals surface area contributed by atoms with Crippen molar-refractivity contribution in [3.8, 4) is 11.5 Å². The van der Waals surface area contributed by atoms with Gasteiger partial charge in [-0.1, -0.05) is 17.3 Å². The molecule has 0 aliphatic heterocycles. The summed E-state index contributed by atoms with van der Waals surface area (Å²) in [5.41, 5.74) is 1.21. The molecule has 122 valence electrons. The lowest BCUT2D eigenvalue weighted by Gasteiger charge is -2.18. The lowest BCUT2D eigenvalue weighted by Crippen LogP contribution is -2.26. The topological polar surface area (TPSA) is 64.8 Å². The van der Waals surface area contributed by atoms with E-state index >= 15 is 0 Å². The zero-order valence-corrected chi connectivity index (χ0v) is 13.5. The Morgan fingerprint density at radius 1 is 1.35 bits per heavy atom. The van der Waals surface area contributed by atoms with Crippen LogP contribution in [0.15, 0.2) is 28.8 Å². The molecule has 0 bridgehead atoms. The first kappa shape index (κ1) is 15.4. The van der Waals surface area contributed by atoms with Crippen molar-refractivity contribution in [2.75, 3.05) is 21.3 Å². The Morgan fingerprint density at radius 2 is 2.13 bits per heavy atom. The summed E-state index contributed by atoms with van der Waals surface area (Å²) < 4.78 is 15.9. The van der Waals surface area contributed by atoms with Crippen LogP contribution in [0.1, 0.15) is 40.6 Å². The van der Waals surface area contributed by atoms with Crippen molar-refractivity contribution >= 4 is 5.91 Å². The van der Waals surface area contributed by atoms with Gasteiger partial charge in [-0.25, -0.2) is 0 Å². The lowest BCUT2D eigenvalue weighted by atomic mass is 10.1. The highest BCUT2D eigenvalue weighted by Gasteiger charge is 2.29. The third kappa shape index (κ3) is 3.16. The average molecular weight is 316 g/mol. The van der Waals surface area contributed by atoms with Crippen LogP contribution in [-0.4, -0.2) is 37.2 Å². The molecule has 1 aromatic carbocycles. The number of carbonyl (C=O) groups excluding carboxylic acids is 1. The van der Waals surface area contributed by atoms with Crippen molar-refractivity contribution in [2.24, 2.45) is 0 Å². The minimum atomic E-state index is -0.175. The summed E-state index contributed by atoms with van der Waals surface area (Å²) in [5, 5.41) is 3.89. The SMILES string of the molecule is COc1cccc(CN(C)C(=O)c2cc(C3CC3)on2)c1OC. The molecule has 1 fully saturated rings. The van der Waals surface area contributed by atoms with Crippen LogP contribution in [0.25, 0.3) is 0 Å². The first-order valence-corrected chi connectivity index (χ1v) is 7.56. The van der Waals surface area contributed by atoms with Crippen molar-refractivity contribution in [2.45, 2.75) is 25.3 Å². The highest BCUT2D eigenvalue weighted by atomic mass is 16.5. The molecular weight excluding hydrogens is 296 g/mol. The van der Waals surface area contributed by atoms with Gasteiger partial charge in [-0.3, -0.25) is 4.79 Å². The van der Waals surface area contributed by atoms with Crippen molar-refractivity contribution in [3.63, 3.8) is 0 Å². The van der Waals surface area contributed by atoms with Gasteiger partial charge in [0.15, 0.2) is 17.2 Å². The quantitative estimate of drug-likeness (QED) is 0.820. The molecule has 0 N–H and O–H groups in total. The summed E-state index contributed by atoms with van der Waals surface area (Å²) in [7, 11) is 4.90. The van der Waals surface area contributed by atoms with Gasteiger partial charge < -0.3 is 18.9 Å². The molecule has 6 nitrogen and oxygen atoms in total. The highest BCUT2D eigenvalue weighted by Crippen LogP contribution is 2.40. The number of rotatable bonds is 6. The Kier molecular flexibility index (Phi) is 4.23. The zero-order valence-electron chi connectivity index (χ0n) is 13.5. The number of carbonyl (C=O) groups is 1. The molecule has 3 rings (SSSR count). The number of ether oxygens (including phenoxy) is 2. The molecule has 0 unspecified atom stereocenters. The second kappa shape index (κ2) is 6.32. The van der Waals surface area contributed by atoms with E-state index in [-0.39, 0.29) is 5.91 Å². The molecule has 6 heteroatoms. The molecular formula is C17H20N2O4. The van der Waals surface area contributed by atoms with Gasteiger partial charge in [0.1, 0.15) is 5.76 Å². The minimum Gasteiger partial charge on any atom is -0.493 e. The van der Waals surface area contributed by atoms with Crippen LogP contribution in [0.5, 0.6) is 11.5 Å². The fourth-order valence-corrected chi connectivity index (χ4v) is 2.55. The number of amides is 1. The van der Waals surface area contributed by atoms with Crippen LogP contribution in [0.4, 0.5) is 0 Å². The van der Waals surface area contributed by atoms with Crippen LogP contribution < -0.4 is 9.47 Å². The molecule has 0 atom stereocenters. The molecule has 2 aromatic rings. The van der Waals surface area contributed by atoms with E-state index in [1.807, 2.05) is 18.2 Å². The molecule has 1 aliphatic rings. The van der Waals surface area contributed by atoms with Gasteiger partial charge in [0.25, 0.3) is 5.91 Å². The van der Waals surface area contributed by atoms with Gasteiger partial charge in [-0.05, 0) is 18.9 Å². The summed E-state index contributed by atoms with van der Waals surface area (Å²) >= 11 is 0. The molecule has 1 saturated carbocycles.